The van der Waals surface area contributed by atoms with E-state index in [1.165, 1.54) is 0 Å². The Labute approximate surface area is 221 Å². The quantitative estimate of drug-likeness (QED) is 0.219. The number of hydrogen-bond acceptors (Lipinski definition) is 6. The first-order chi connectivity index (χ1) is 18.5. The summed E-state index contributed by atoms with van der Waals surface area (Å²) in [5, 5.41) is 18.2. The normalized spacial score (nSPS) is 11.4. The number of anilines is 1. The Hall–Kier alpha value is -4.47. The van der Waals surface area contributed by atoms with Crippen molar-refractivity contribution < 1.29 is 13.5 Å². The molecule has 5 aromatic rings. The van der Waals surface area contributed by atoms with Crippen LogP contribution in [0.3, 0.4) is 0 Å². The molecule has 0 unspecified atom stereocenters. The molecule has 192 valence electrons. The molecule has 0 spiro atoms. The van der Waals surface area contributed by atoms with Crippen molar-refractivity contribution in [2.45, 2.75) is 11.3 Å². The lowest BCUT2D eigenvalue weighted by atomic mass is 10.0. The van der Waals surface area contributed by atoms with Crippen LogP contribution in [0, 0.1) is 0 Å². The highest BCUT2D eigenvalue weighted by Gasteiger charge is 2.16. The molecule has 3 N–H and O–H groups in total. The Bertz CT molecular complexity index is 1620. The van der Waals surface area contributed by atoms with Gasteiger partial charge in [-0.25, -0.2) is 22.8 Å². The van der Waals surface area contributed by atoms with Crippen molar-refractivity contribution in [2.75, 3.05) is 18.4 Å². The van der Waals surface area contributed by atoms with E-state index in [0.717, 1.165) is 28.1 Å². The van der Waals surface area contributed by atoms with Crippen LogP contribution in [0.15, 0.2) is 114 Å². The Kier molecular flexibility index (Phi) is 7.48. The summed E-state index contributed by atoms with van der Waals surface area (Å²) in [5.41, 5.74) is 4.25. The van der Waals surface area contributed by atoms with Gasteiger partial charge in [0, 0.05) is 36.6 Å². The molecule has 0 aliphatic carbocycles. The maximum atomic E-state index is 12.4. The average molecular weight is 526 g/mol. The van der Waals surface area contributed by atoms with E-state index in [2.05, 4.69) is 15.0 Å². The highest BCUT2D eigenvalue weighted by atomic mass is 32.2. The molecule has 3 aromatic carbocycles. The number of benzene rings is 3. The van der Waals surface area contributed by atoms with Gasteiger partial charge in [-0.1, -0.05) is 48.5 Å². The minimum Gasteiger partial charge on any atom is -0.508 e. The van der Waals surface area contributed by atoms with Crippen LogP contribution in [0.5, 0.6) is 5.75 Å². The average Bonchev–Trinajstić information content (AvgIpc) is 3.40. The van der Waals surface area contributed by atoms with Gasteiger partial charge in [0.1, 0.15) is 17.3 Å². The molecule has 0 fully saturated rings. The highest BCUT2D eigenvalue weighted by molar-refractivity contribution is 7.89. The third kappa shape index (κ3) is 5.91. The molecule has 9 heteroatoms. The molecule has 0 aliphatic rings. The zero-order valence-electron chi connectivity index (χ0n) is 20.5. The first kappa shape index (κ1) is 25.2. The van der Waals surface area contributed by atoms with Crippen LogP contribution in [-0.4, -0.2) is 41.4 Å². The second kappa shape index (κ2) is 11.3. The first-order valence-electron chi connectivity index (χ1n) is 12.2. The smallest absolute Gasteiger partial charge is 0.240 e. The molecular formula is C29H27N5O3S. The van der Waals surface area contributed by atoms with E-state index in [0.29, 0.717) is 25.3 Å². The van der Waals surface area contributed by atoms with Crippen LogP contribution in [0.2, 0.25) is 0 Å². The van der Waals surface area contributed by atoms with Crippen molar-refractivity contribution in [3.05, 3.63) is 109 Å². The molecule has 8 nitrogen and oxygen atoms in total. The molecule has 0 amide bonds. The standard InChI is InChI=1S/C29H27N5O3S/c35-25-12-7-9-23(19-25)29-27(21-34(33-29)24-10-3-1-4-11-24)22-15-18-31-28(20-22)30-16-8-17-32-38(36,37)26-13-5-2-6-14-26/h1-7,9-15,18-21,32,35H,8,16-17H2,(H,30,31). The van der Waals surface area contributed by atoms with Gasteiger partial charge in [0.05, 0.1) is 10.6 Å². The van der Waals surface area contributed by atoms with Crippen LogP contribution < -0.4 is 10.0 Å². The second-order valence-electron chi connectivity index (χ2n) is 8.64. The Balaban J connectivity index is 1.32. The van der Waals surface area contributed by atoms with E-state index < -0.39 is 10.0 Å². The van der Waals surface area contributed by atoms with Gasteiger partial charge < -0.3 is 10.4 Å². The van der Waals surface area contributed by atoms with Crippen molar-refractivity contribution in [3.8, 4) is 33.8 Å². The topological polar surface area (TPSA) is 109 Å². The Morgan fingerprint density at radius 1 is 0.816 bits per heavy atom. The van der Waals surface area contributed by atoms with Gasteiger partial charge in [0.25, 0.3) is 0 Å². The number of nitrogens with zero attached hydrogens (tertiary/aromatic N) is 3. The Morgan fingerprint density at radius 3 is 2.34 bits per heavy atom. The van der Waals surface area contributed by atoms with Gasteiger partial charge in [-0.15, -0.1) is 0 Å². The predicted octanol–water partition coefficient (Wildman–Crippen LogP) is 5.09. The van der Waals surface area contributed by atoms with E-state index >= 15 is 0 Å². The SMILES string of the molecule is O=S(=O)(NCCCNc1cc(-c2cn(-c3ccccc3)nc2-c2cccc(O)c2)ccn1)c1ccccc1. The van der Waals surface area contributed by atoms with Gasteiger partial charge >= 0.3 is 0 Å². The number of aromatic hydroxyl groups is 1. The molecule has 0 saturated carbocycles. The van der Waals surface area contributed by atoms with Crippen molar-refractivity contribution in [1.29, 1.82) is 0 Å². The lowest BCUT2D eigenvalue weighted by Crippen LogP contribution is -2.26. The van der Waals surface area contributed by atoms with E-state index in [1.807, 2.05) is 59.4 Å². The van der Waals surface area contributed by atoms with Gasteiger partial charge in [0.2, 0.25) is 10.0 Å². The number of aromatic nitrogens is 3. The number of phenolic OH excluding ortho intramolecular Hbond substituents is 1. The molecule has 0 radical (unpaired) electrons. The molecule has 0 saturated heterocycles. The fourth-order valence-electron chi connectivity index (χ4n) is 4.05. The van der Waals surface area contributed by atoms with Crippen molar-refractivity contribution in [1.82, 2.24) is 19.5 Å². The summed E-state index contributed by atoms with van der Waals surface area (Å²) in [6, 6.07) is 29.0. The number of pyridine rings is 1. The largest absolute Gasteiger partial charge is 0.508 e. The van der Waals surface area contributed by atoms with Gasteiger partial charge in [-0.2, -0.15) is 5.10 Å². The van der Waals surface area contributed by atoms with Crippen LogP contribution in [-0.2, 0) is 10.0 Å². The summed E-state index contributed by atoms with van der Waals surface area (Å²) in [6.07, 6.45) is 4.27. The monoisotopic (exact) mass is 525 g/mol. The number of sulfonamides is 1. The predicted molar refractivity (Wildman–Crippen MR) is 149 cm³/mol. The van der Waals surface area contributed by atoms with Crippen LogP contribution in [0.25, 0.3) is 28.1 Å². The summed E-state index contributed by atoms with van der Waals surface area (Å²) < 4.78 is 29.2. The zero-order chi connectivity index (χ0) is 26.4. The minimum atomic E-state index is -3.52. The van der Waals surface area contributed by atoms with E-state index in [-0.39, 0.29) is 10.6 Å². The van der Waals surface area contributed by atoms with E-state index in [4.69, 9.17) is 5.10 Å². The molecule has 2 aromatic heterocycles. The lowest BCUT2D eigenvalue weighted by molar-refractivity contribution is 0.475. The second-order valence-corrected chi connectivity index (χ2v) is 10.4. The first-order valence-corrected chi connectivity index (χ1v) is 13.7. The zero-order valence-corrected chi connectivity index (χ0v) is 21.3. The minimum absolute atomic E-state index is 0.169. The summed E-state index contributed by atoms with van der Waals surface area (Å²) in [5.74, 6) is 0.838. The summed E-state index contributed by atoms with van der Waals surface area (Å²) >= 11 is 0. The molecule has 0 bridgehead atoms. The van der Waals surface area contributed by atoms with E-state index in [1.54, 1.807) is 54.7 Å². The van der Waals surface area contributed by atoms with Gasteiger partial charge in [-0.05, 0) is 60.5 Å². The molecular weight excluding hydrogens is 498 g/mol. The van der Waals surface area contributed by atoms with Crippen molar-refractivity contribution in [3.63, 3.8) is 0 Å². The third-order valence-electron chi connectivity index (χ3n) is 5.93. The van der Waals surface area contributed by atoms with Crippen molar-refractivity contribution >= 4 is 15.8 Å². The van der Waals surface area contributed by atoms with Crippen LogP contribution in [0.1, 0.15) is 6.42 Å². The lowest BCUT2D eigenvalue weighted by Gasteiger charge is -2.09. The molecule has 0 atom stereocenters. The maximum Gasteiger partial charge on any atom is 0.240 e. The molecule has 2 heterocycles. The molecule has 5 rings (SSSR count). The van der Waals surface area contributed by atoms with E-state index in [9.17, 15) is 13.5 Å². The highest BCUT2D eigenvalue weighted by Crippen LogP contribution is 2.34. The van der Waals surface area contributed by atoms with Gasteiger partial charge in [0.15, 0.2) is 0 Å². The van der Waals surface area contributed by atoms with Crippen LogP contribution in [0.4, 0.5) is 5.82 Å². The third-order valence-corrected chi connectivity index (χ3v) is 7.41. The molecule has 0 aliphatic heterocycles. The Morgan fingerprint density at radius 2 is 1.58 bits per heavy atom. The number of nitrogens with one attached hydrogen (secondary N) is 2. The summed E-state index contributed by atoms with van der Waals surface area (Å²) in [7, 11) is -3.52. The fraction of sp³-hybridized carbons (Fsp3) is 0.103. The fourth-order valence-corrected chi connectivity index (χ4v) is 5.15. The van der Waals surface area contributed by atoms with Gasteiger partial charge in [-0.3, -0.25) is 0 Å². The van der Waals surface area contributed by atoms with Crippen LogP contribution >= 0.6 is 0 Å². The molecule has 38 heavy (non-hydrogen) atoms. The maximum absolute atomic E-state index is 12.4. The number of rotatable bonds is 10. The number of phenols is 1. The summed E-state index contributed by atoms with van der Waals surface area (Å²) in [4.78, 5) is 4.67. The number of hydrogen-bond donors (Lipinski definition) is 3. The number of para-hydroxylation sites is 1. The summed E-state index contributed by atoms with van der Waals surface area (Å²) in [6.45, 7) is 0.839. The van der Waals surface area contributed by atoms with Crippen molar-refractivity contribution in [2.24, 2.45) is 0 Å².